The minimum Gasteiger partial charge on any atom is -0.493 e. The molecule has 0 radical (unpaired) electrons. The molecule has 2 aromatic rings. The molecule has 0 N–H and O–H groups in total. The summed E-state index contributed by atoms with van der Waals surface area (Å²) >= 11 is 0. The van der Waals surface area contributed by atoms with Crippen LogP contribution < -0.4 is 9.47 Å². The molecule has 0 unspecified atom stereocenters. The van der Waals surface area contributed by atoms with Crippen LogP contribution in [0.15, 0.2) is 23.1 Å². The molecule has 1 amide bonds. The van der Waals surface area contributed by atoms with Crippen LogP contribution in [0, 0.1) is 0 Å². The van der Waals surface area contributed by atoms with Crippen molar-refractivity contribution in [2.24, 2.45) is 7.05 Å². The zero-order valence-electron chi connectivity index (χ0n) is 17.4. The van der Waals surface area contributed by atoms with Gasteiger partial charge < -0.3 is 14.4 Å². The van der Waals surface area contributed by atoms with E-state index < -0.39 is 10.0 Å². The van der Waals surface area contributed by atoms with Crippen LogP contribution in [0.5, 0.6) is 11.5 Å². The van der Waals surface area contributed by atoms with Crippen LogP contribution in [0.1, 0.15) is 34.6 Å². The van der Waals surface area contributed by atoms with Crippen LogP contribution in [0.4, 0.5) is 0 Å². The summed E-state index contributed by atoms with van der Waals surface area (Å²) in [5, 5.41) is 4.44. The Bertz CT molecular complexity index is 1070. The van der Waals surface area contributed by atoms with Gasteiger partial charge in [0.2, 0.25) is 10.0 Å². The molecule has 1 saturated heterocycles. The Balaban J connectivity index is 1.66. The highest BCUT2D eigenvalue weighted by Gasteiger charge is 2.35. The highest BCUT2D eigenvalue weighted by atomic mass is 32.2. The van der Waals surface area contributed by atoms with Crippen LogP contribution >= 0.6 is 0 Å². The number of aromatic nitrogens is 2. The number of nitrogens with zero attached hydrogens (tertiary/aromatic N) is 4. The van der Waals surface area contributed by atoms with Crippen molar-refractivity contribution in [3.05, 3.63) is 35.2 Å². The summed E-state index contributed by atoms with van der Waals surface area (Å²) < 4.78 is 40.2. The number of fused-ring (bicyclic) bond motifs is 1. The second-order valence-corrected chi connectivity index (χ2v) is 9.44. The Morgan fingerprint density at radius 3 is 2.43 bits per heavy atom. The fourth-order valence-electron chi connectivity index (χ4n) is 4.14. The number of hydrogen-bond acceptors (Lipinski definition) is 6. The summed E-state index contributed by atoms with van der Waals surface area (Å²) in [6, 6.07) is 4.54. The van der Waals surface area contributed by atoms with E-state index >= 15 is 0 Å². The third-order valence-corrected chi connectivity index (χ3v) is 7.64. The molecule has 3 heterocycles. The first-order chi connectivity index (χ1) is 14.4. The number of hydrogen-bond donors (Lipinski definition) is 0. The molecule has 2 aliphatic heterocycles. The topological polar surface area (TPSA) is 94.0 Å². The van der Waals surface area contributed by atoms with Crippen molar-refractivity contribution in [1.29, 1.82) is 0 Å². The number of aryl methyl sites for hydroxylation is 1. The van der Waals surface area contributed by atoms with Gasteiger partial charge in [0.05, 0.1) is 19.1 Å². The van der Waals surface area contributed by atoms with E-state index in [1.807, 2.05) is 0 Å². The van der Waals surface area contributed by atoms with Crippen molar-refractivity contribution in [3.8, 4) is 11.5 Å². The molecule has 1 fully saturated rings. The Labute approximate surface area is 176 Å². The van der Waals surface area contributed by atoms with Gasteiger partial charge in [-0.15, -0.1) is 0 Å². The largest absolute Gasteiger partial charge is 0.493 e. The molecule has 0 spiro atoms. The van der Waals surface area contributed by atoms with Crippen molar-refractivity contribution in [2.45, 2.75) is 30.7 Å². The SMILES string of the molecule is COc1ccc(S(=O)(=O)N2CCc3c(c(C(=O)N4CCCC4)nn3C)C2)cc1OC. The maximum Gasteiger partial charge on any atom is 0.274 e. The fourth-order valence-corrected chi connectivity index (χ4v) is 5.57. The van der Waals surface area contributed by atoms with Gasteiger partial charge in [-0.1, -0.05) is 0 Å². The zero-order valence-corrected chi connectivity index (χ0v) is 18.2. The Morgan fingerprint density at radius 2 is 1.77 bits per heavy atom. The zero-order chi connectivity index (χ0) is 21.5. The molecule has 0 bridgehead atoms. The second kappa shape index (κ2) is 7.92. The summed E-state index contributed by atoms with van der Waals surface area (Å²) in [7, 11) is 0.990. The molecule has 0 saturated carbocycles. The summed E-state index contributed by atoms with van der Waals surface area (Å²) in [4.78, 5) is 14.9. The summed E-state index contributed by atoms with van der Waals surface area (Å²) in [6.45, 7) is 1.88. The highest BCUT2D eigenvalue weighted by molar-refractivity contribution is 7.89. The number of carbonyl (C=O) groups excluding carboxylic acids is 1. The predicted molar refractivity (Wildman–Crippen MR) is 109 cm³/mol. The molecule has 4 rings (SSSR count). The maximum atomic E-state index is 13.3. The number of sulfonamides is 1. The molecular formula is C20H26N4O5S. The van der Waals surface area contributed by atoms with E-state index in [0.717, 1.165) is 31.6 Å². The van der Waals surface area contributed by atoms with Crippen LogP contribution in [-0.4, -0.2) is 67.2 Å². The lowest BCUT2D eigenvalue weighted by molar-refractivity contribution is 0.0784. The first-order valence-electron chi connectivity index (χ1n) is 9.93. The monoisotopic (exact) mass is 434 g/mol. The third kappa shape index (κ3) is 3.43. The lowest BCUT2D eigenvalue weighted by Gasteiger charge is -2.27. The van der Waals surface area contributed by atoms with Gasteiger partial charge in [-0.25, -0.2) is 8.42 Å². The Morgan fingerprint density at radius 1 is 1.07 bits per heavy atom. The minimum absolute atomic E-state index is 0.116. The molecular weight excluding hydrogens is 408 g/mol. The average Bonchev–Trinajstić information content (AvgIpc) is 3.41. The molecule has 1 aromatic carbocycles. The number of likely N-dealkylation sites (tertiary alicyclic amines) is 1. The summed E-state index contributed by atoms with van der Waals surface area (Å²) in [6.07, 6.45) is 2.47. The summed E-state index contributed by atoms with van der Waals surface area (Å²) in [5.74, 6) is 0.695. The standard InChI is InChI=1S/C20H26N4O5S/c1-22-16-8-11-24(13-15(16)19(21-22)20(25)23-9-4-5-10-23)30(26,27)14-6-7-17(28-2)18(12-14)29-3/h6-7,12H,4-5,8-11,13H2,1-3H3. The van der Waals surface area contributed by atoms with Gasteiger partial charge >= 0.3 is 0 Å². The first-order valence-corrected chi connectivity index (χ1v) is 11.4. The summed E-state index contributed by atoms with van der Waals surface area (Å²) in [5.41, 5.74) is 1.97. The smallest absolute Gasteiger partial charge is 0.274 e. The van der Waals surface area contributed by atoms with E-state index in [4.69, 9.17) is 9.47 Å². The molecule has 30 heavy (non-hydrogen) atoms. The van der Waals surface area contributed by atoms with E-state index in [1.54, 1.807) is 22.7 Å². The van der Waals surface area contributed by atoms with Crippen molar-refractivity contribution in [3.63, 3.8) is 0 Å². The quantitative estimate of drug-likeness (QED) is 0.707. The lowest BCUT2D eigenvalue weighted by atomic mass is 10.1. The van der Waals surface area contributed by atoms with E-state index in [9.17, 15) is 13.2 Å². The molecule has 0 aliphatic carbocycles. The number of benzene rings is 1. The minimum atomic E-state index is -3.78. The van der Waals surface area contributed by atoms with Gasteiger partial charge in [0.1, 0.15) is 0 Å². The average molecular weight is 435 g/mol. The van der Waals surface area contributed by atoms with Crippen LogP contribution in [0.25, 0.3) is 0 Å². The third-order valence-electron chi connectivity index (χ3n) is 5.80. The van der Waals surface area contributed by atoms with Gasteiger partial charge in [0.15, 0.2) is 17.2 Å². The molecule has 10 heteroatoms. The Hall–Kier alpha value is -2.59. The molecule has 162 valence electrons. The van der Waals surface area contributed by atoms with E-state index in [-0.39, 0.29) is 17.3 Å². The highest BCUT2D eigenvalue weighted by Crippen LogP contribution is 2.33. The molecule has 1 aromatic heterocycles. The first kappa shape index (κ1) is 20.7. The normalized spacial score (nSPS) is 17.1. The van der Waals surface area contributed by atoms with E-state index in [2.05, 4.69) is 5.10 Å². The second-order valence-electron chi connectivity index (χ2n) is 7.50. The maximum absolute atomic E-state index is 13.3. The number of ether oxygens (including phenoxy) is 2. The molecule has 0 atom stereocenters. The van der Waals surface area contributed by atoms with E-state index in [1.165, 1.54) is 30.7 Å². The van der Waals surface area contributed by atoms with Crippen molar-refractivity contribution < 1.29 is 22.7 Å². The van der Waals surface area contributed by atoms with Gasteiger partial charge in [-0.05, 0) is 25.0 Å². The number of rotatable bonds is 5. The van der Waals surface area contributed by atoms with Gasteiger partial charge in [0, 0.05) is 57.0 Å². The van der Waals surface area contributed by atoms with Crippen molar-refractivity contribution in [1.82, 2.24) is 19.0 Å². The molecule has 2 aliphatic rings. The van der Waals surface area contributed by atoms with Gasteiger partial charge in [-0.3, -0.25) is 9.48 Å². The fraction of sp³-hybridized carbons (Fsp3) is 0.500. The van der Waals surface area contributed by atoms with Crippen molar-refractivity contribution in [2.75, 3.05) is 33.9 Å². The number of carbonyl (C=O) groups is 1. The molecule has 9 nitrogen and oxygen atoms in total. The number of amides is 1. The number of methoxy groups -OCH3 is 2. The van der Waals surface area contributed by atoms with Crippen LogP contribution in [0.3, 0.4) is 0 Å². The van der Waals surface area contributed by atoms with Gasteiger partial charge in [0.25, 0.3) is 5.91 Å². The van der Waals surface area contributed by atoms with Gasteiger partial charge in [-0.2, -0.15) is 9.40 Å². The van der Waals surface area contributed by atoms with Crippen LogP contribution in [-0.2, 0) is 30.0 Å². The van der Waals surface area contributed by atoms with E-state index in [0.29, 0.717) is 35.7 Å². The lowest BCUT2D eigenvalue weighted by Crippen LogP contribution is -2.37. The van der Waals surface area contributed by atoms with Crippen molar-refractivity contribution >= 4 is 15.9 Å². The Kier molecular flexibility index (Phi) is 5.46. The van der Waals surface area contributed by atoms with Crippen LogP contribution in [0.2, 0.25) is 0 Å². The predicted octanol–water partition coefficient (Wildman–Crippen LogP) is 1.42.